The van der Waals surface area contributed by atoms with E-state index in [1.54, 1.807) is 6.07 Å². The molecule has 35 heavy (non-hydrogen) atoms. The zero-order valence-electron chi connectivity index (χ0n) is 19.9. The van der Waals surface area contributed by atoms with Crippen molar-refractivity contribution in [2.24, 2.45) is 0 Å². The van der Waals surface area contributed by atoms with Crippen LogP contribution in [0.5, 0.6) is 5.75 Å². The third-order valence-corrected chi connectivity index (χ3v) is 7.33. The van der Waals surface area contributed by atoms with Crippen molar-refractivity contribution in [3.63, 3.8) is 0 Å². The first-order valence-electron chi connectivity index (χ1n) is 11.6. The van der Waals surface area contributed by atoms with Crippen LogP contribution >= 0.6 is 12.4 Å². The van der Waals surface area contributed by atoms with Crippen LogP contribution in [0.4, 0.5) is 4.39 Å². The van der Waals surface area contributed by atoms with E-state index in [0.717, 1.165) is 55.0 Å². The molecule has 0 aliphatic carbocycles. The first kappa shape index (κ1) is 25.4. The Morgan fingerprint density at radius 2 is 2.06 bits per heavy atom. The number of benzene rings is 2. The van der Waals surface area contributed by atoms with Gasteiger partial charge in [0.05, 0.1) is 30.9 Å². The summed E-state index contributed by atoms with van der Waals surface area (Å²) in [5, 5.41) is 9.04. The fraction of sp³-hybridized carbons (Fsp3) is 0.462. The predicted molar refractivity (Wildman–Crippen MR) is 129 cm³/mol. The molecule has 0 saturated carbocycles. The Morgan fingerprint density at radius 3 is 2.83 bits per heavy atom. The van der Waals surface area contributed by atoms with Crippen molar-refractivity contribution in [3.05, 3.63) is 63.5 Å². The molecule has 0 unspecified atom stereocenters. The van der Waals surface area contributed by atoms with Crippen molar-refractivity contribution in [2.75, 3.05) is 46.4 Å². The van der Waals surface area contributed by atoms with Gasteiger partial charge in [0.15, 0.2) is 11.6 Å². The zero-order chi connectivity index (χ0) is 23.8. The summed E-state index contributed by atoms with van der Waals surface area (Å²) < 4.78 is 31.1. The molecule has 5 rings (SSSR count). The van der Waals surface area contributed by atoms with Gasteiger partial charge in [0.2, 0.25) is 0 Å². The number of carbonyl (C=O) groups is 1. The number of fused-ring (bicyclic) bond motifs is 2. The molecule has 3 aliphatic rings. The molecule has 0 spiro atoms. The molecule has 0 N–H and O–H groups in total. The number of nitriles is 1. The summed E-state index contributed by atoms with van der Waals surface area (Å²) in [6.07, 6.45) is 0.631. The average molecular weight is 502 g/mol. The summed E-state index contributed by atoms with van der Waals surface area (Å²) in [6.45, 7) is 7.39. The molecule has 7 nitrogen and oxygen atoms in total. The van der Waals surface area contributed by atoms with Crippen LogP contribution in [0, 0.1) is 24.1 Å². The second-order valence-electron chi connectivity index (χ2n) is 9.13. The van der Waals surface area contributed by atoms with E-state index in [-0.39, 0.29) is 35.8 Å². The van der Waals surface area contributed by atoms with Gasteiger partial charge in [-0.15, -0.1) is 12.4 Å². The number of cyclic esters (lactones) is 1. The van der Waals surface area contributed by atoms with E-state index in [2.05, 4.69) is 9.80 Å². The number of nitrogens with zero attached hydrogens (tertiary/aromatic N) is 3. The molecule has 2 saturated heterocycles. The highest BCUT2D eigenvalue weighted by atomic mass is 35.5. The van der Waals surface area contributed by atoms with E-state index >= 15 is 0 Å². The van der Waals surface area contributed by atoms with Gasteiger partial charge in [-0.25, -0.2) is 9.18 Å². The second kappa shape index (κ2) is 10.5. The van der Waals surface area contributed by atoms with Gasteiger partial charge in [-0.3, -0.25) is 4.90 Å². The van der Waals surface area contributed by atoms with E-state index in [1.807, 2.05) is 25.1 Å². The van der Waals surface area contributed by atoms with E-state index in [9.17, 15) is 9.18 Å². The van der Waals surface area contributed by atoms with E-state index in [4.69, 9.17) is 19.5 Å². The number of carbonyl (C=O) groups excluding carboxylic acids is 1. The predicted octanol–water partition coefficient (Wildman–Crippen LogP) is 3.41. The van der Waals surface area contributed by atoms with Crippen molar-refractivity contribution in [1.82, 2.24) is 9.80 Å². The zero-order valence-corrected chi connectivity index (χ0v) is 20.7. The Labute approximate surface area is 210 Å². The smallest absolute Gasteiger partial charge is 0.338 e. The summed E-state index contributed by atoms with van der Waals surface area (Å²) >= 11 is 0. The maximum atomic E-state index is 14.4. The third kappa shape index (κ3) is 4.74. The minimum atomic E-state index is -0.586. The highest BCUT2D eigenvalue weighted by Gasteiger charge is 2.35. The van der Waals surface area contributed by atoms with Crippen LogP contribution in [0.3, 0.4) is 0 Å². The van der Waals surface area contributed by atoms with Gasteiger partial charge in [0, 0.05) is 44.3 Å². The quantitative estimate of drug-likeness (QED) is 0.581. The van der Waals surface area contributed by atoms with Crippen molar-refractivity contribution in [2.45, 2.75) is 32.1 Å². The van der Waals surface area contributed by atoms with E-state index < -0.39 is 5.82 Å². The highest BCUT2D eigenvalue weighted by molar-refractivity contribution is 5.94. The van der Waals surface area contributed by atoms with Crippen LogP contribution in [0.15, 0.2) is 24.3 Å². The number of rotatable bonds is 5. The SMILES string of the molecule is COc1c(CCN2CCN3C[C@H](c4ccc5c(c4C)COC5=O)OC[C@@H]3C2)ccc(C#N)c1F.Cl. The van der Waals surface area contributed by atoms with Gasteiger partial charge in [-0.05, 0) is 42.2 Å². The molecular formula is C26H29ClFN3O4. The Balaban J connectivity index is 0.00000289. The molecule has 3 heterocycles. The lowest BCUT2D eigenvalue weighted by atomic mass is 9.94. The largest absolute Gasteiger partial charge is 0.493 e. The summed E-state index contributed by atoms with van der Waals surface area (Å²) in [4.78, 5) is 16.7. The third-order valence-electron chi connectivity index (χ3n) is 7.33. The topological polar surface area (TPSA) is 75.0 Å². The molecule has 0 aromatic heterocycles. The molecule has 186 valence electrons. The lowest BCUT2D eigenvalue weighted by Gasteiger charge is -2.46. The summed E-state index contributed by atoms with van der Waals surface area (Å²) in [5.41, 5.74) is 4.65. The van der Waals surface area contributed by atoms with Crippen LogP contribution < -0.4 is 4.74 Å². The lowest BCUT2D eigenvalue weighted by molar-refractivity contribution is -0.0903. The normalized spacial score (nSPS) is 21.9. The number of methoxy groups -OCH3 is 1. The molecule has 0 radical (unpaired) electrons. The van der Waals surface area contributed by atoms with Crippen molar-refractivity contribution < 1.29 is 23.4 Å². The number of halogens is 2. The van der Waals surface area contributed by atoms with Crippen molar-refractivity contribution >= 4 is 18.4 Å². The summed E-state index contributed by atoms with van der Waals surface area (Å²) in [7, 11) is 1.44. The lowest BCUT2D eigenvalue weighted by Crippen LogP contribution is -2.58. The molecule has 2 aromatic rings. The Hall–Kier alpha value is -2.70. The summed E-state index contributed by atoms with van der Waals surface area (Å²) in [6, 6.07) is 9.34. The molecule has 0 bridgehead atoms. The first-order valence-corrected chi connectivity index (χ1v) is 11.6. The van der Waals surface area contributed by atoms with Gasteiger partial charge in [0.1, 0.15) is 12.7 Å². The van der Waals surface area contributed by atoms with Crippen molar-refractivity contribution in [1.29, 1.82) is 5.26 Å². The van der Waals surface area contributed by atoms with Crippen LogP contribution in [0.25, 0.3) is 0 Å². The number of ether oxygens (including phenoxy) is 3. The number of morpholine rings is 1. The number of hydrogen-bond acceptors (Lipinski definition) is 7. The Morgan fingerprint density at radius 1 is 1.23 bits per heavy atom. The highest BCUT2D eigenvalue weighted by Crippen LogP contribution is 2.34. The number of esters is 1. The van der Waals surface area contributed by atoms with Crippen LogP contribution in [-0.2, 0) is 22.5 Å². The van der Waals surface area contributed by atoms with Gasteiger partial charge in [0.25, 0.3) is 0 Å². The monoisotopic (exact) mass is 501 g/mol. The maximum Gasteiger partial charge on any atom is 0.338 e. The molecule has 2 aromatic carbocycles. The minimum Gasteiger partial charge on any atom is -0.493 e. The summed E-state index contributed by atoms with van der Waals surface area (Å²) in [5.74, 6) is -0.665. The van der Waals surface area contributed by atoms with E-state index in [1.165, 1.54) is 13.2 Å². The van der Waals surface area contributed by atoms with Crippen LogP contribution in [-0.4, -0.2) is 68.3 Å². The maximum absolute atomic E-state index is 14.4. The minimum absolute atomic E-state index is 0. The fourth-order valence-electron chi connectivity index (χ4n) is 5.33. The number of piperazine rings is 1. The van der Waals surface area contributed by atoms with Gasteiger partial charge >= 0.3 is 5.97 Å². The van der Waals surface area contributed by atoms with Crippen LogP contribution in [0.1, 0.15) is 44.3 Å². The number of hydrogen-bond donors (Lipinski definition) is 0. The van der Waals surface area contributed by atoms with Crippen molar-refractivity contribution in [3.8, 4) is 11.8 Å². The second-order valence-corrected chi connectivity index (χ2v) is 9.13. The molecule has 9 heteroatoms. The average Bonchev–Trinajstić information content (AvgIpc) is 3.24. The fourth-order valence-corrected chi connectivity index (χ4v) is 5.33. The molecule has 2 fully saturated rings. The van der Waals surface area contributed by atoms with Gasteiger partial charge in [-0.1, -0.05) is 12.1 Å². The van der Waals surface area contributed by atoms with Gasteiger partial charge < -0.3 is 19.1 Å². The standard InChI is InChI=1S/C26H28FN3O4.ClH/c1-16-20(5-6-21-22(16)15-34-26(21)31)23-13-30-10-9-29(12-19(30)14-33-23)8-7-17-3-4-18(11-28)24(27)25(17)32-2;/h3-6,19,23H,7-10,12-15H2,1-2H3;1H/t19-,23+;/m0./s1. The van der Waals surface area contributed by atoms with Crippen LogP contribution in [0.2, 0.25) is 0 Å². The Kier molecular flexibility index (Phi) is 7.62. The molecule has 2 atom stereocenters. The Bertz CT molecular complexity index is 1170. The molecule has 3 aliphatic heterocycles. The molecular weight excluding hydrogens is 473 g/mol. The molecule has 0 amide bonds. The first-order chi connectivity index (χ1) is 16.5. The van der Waals surface area contributed by atoms with E-state index in [0.29, 0.717) is 31.2 Å². The van der Waals surface area contributed by atoms with Gasteiger partial charge in [-0.2, -0.15) is 5.26 Å².